The van der Waals surface area contributed by atoms with Gasteiger partial charge in [0.15, 0.2) is 5.96 Å². The zero-order valence-corrected chi connectivity index (χ0v) is 19.3. The molecule has 1 aromatic heterocycles. The second kappa shape index (κ2) is 11.6. The molecule has 1 fully saturated rings. The van der Waals surface area contributed by atoms with E-state index in [0.29, 0.717) is 12.6 Å². The fourth-order valence-electron chi connectivity index (χ4n) is 3.34. The van der Waals surface area contributed by atoms with E-state index >= 15 is 0 Å². The van der Waals surface area contributed by atoms with Crippen LogP contribution in [0.15, 0.2) is 41.5 Å². The van der Waals surface area contributed by atoms with E-state index < -0.39 is 0 Å². The lowest BCUT2D eigenvalue weighted by molar-refractivity contribution is 0.245. The summed E-state index contributed by atoms with van der Waals surface area (Å²) < 4.78 is 0. The van der Waals surface area contributed by atoms with Crippen molar-refractivity contribution in [2.24, 2.45) is 4.99 Å². The fraction of sp³-hybridized carbons (Fsp3) is 0.500. The summed E-state index contributed by atoms with van der Waals surface area (Å²) in [7, 11) is 0. The zero-order valence-electron chi connectivity index (χ0n) is 16.1. The van der Waals surface area contributed by atoms with Gasteiger partial charge in [0, 0.05) is 24.2 Å². The Kier molecular flexibility index (Phi) is 9.50. The highest BCUT2D eigenvalue weighted by molar-refractivity contribution is 14.0. The van der Waals surface area contributed by atoms with Crippen LogP contribution in [0.1, 0.15) is 41.3 Å². The number of hydrogen-bond acceptors (Lipinski definition) is 4. The Morgan fingerprint density at radius 2 is 1.96 bits per heavy atom. The Morgan fingerprint density at radius 3 is 2.59 bits per heavy atom. The lowest BCUT2D eigenvalue weighted by atomic mass is 10.1. The second-order valence-corrected chi connectivity index (χ2v) is 7.93. The van der Waals surface area contributed by atoms with Gasteiger partial charge in [-0.05, 0) is 45.3 Å². The van der Waals surface area contributed by atoms with Crippen molar-refractivity contribution in [1.29, 1.82) is 0 Å². The zero-order chi connectivity index (χ0) is 18.2. The minimum absolute atomic E-state index is 0. The first kappa shape index (κ1) is 22.1. The maximum Gasteiger partial charge on any atom is 0.191 e. The first-order valence-corrected chi connectivity index (χ1v) is 10.3. The van der Waals surface area contributed by atoms with Crippen molar-refractivity contribution < 1.29 is 0 Å². The summed E-state index contributed by atoms with van der Waals surface area (Å²) in [5.74, 6) is 0.862. The normalized spacial score (nSPS) is 16.0. The summed E-state index contributed by atoms with van der Waals surface area (Å²) in [6.07, 6.45) is 4.50. The van der Waals surface area contributed by atoms with Crippen LogP contribution in [-0.4, -0.2) is 42.0 Å². The Hall–Kier alpha value is -1.19. The van der Waals surface area contributed by atoms with Crippen molar-refractivity contribution in [3.8, 4) is 0 Å². The molecule has 1 unspecified atom stereocenters. The van der Waals surface area contributed by atoms with Gasteiger partial charge in [-0.1, -0.05) is 30.3 Å². The number of aromatic nitrogens is 1. The van der Waals surface area contributed by atoms with Gasteiger partial charge in [0.1, 0.15) is 5.01 Å². The number of likely N-dealkylation sites (tertiary alicyclic amines) is 1. The molecule has 1 aliphatic heterocycles. The molecule has 1 aromatic carbocycles. The van der Waals surface area contributed by atoms with E-state index in [-0.39, 0.29) is 24.0 Å². The number of guanidine groups is 1. The largest absolute Gasteiger partial charge is 0.357 e. The highest BCUT2D eigenvalue weighted by Gasteiger charge is 2.23. The summed E-state index contributed by atoms with van der Waals surface area (Å²) in [5, 5.41) is 7.96. The molecule has 0 aliphatic carbocycles. The van der Waals surface area contributed by atoms with E-state index in [1.807, 2.05) is 6.20 Å². The van der Waals surface area contributed by atoms with Gasteiger partial charge in [0.25, 0.3) is 0 Å². The van der Waals surface area contributed by atoms with E-state index in [0.717, 1.165) is 24.1 Å². The number of benzene rings is 1. The molecule has 0 saturated carbocycles. The van der Waals surface area contributed by atoms with Gasteiger partial charge >= 0.3 is 0 Å². The first-order valence-electron chi connectivity index (χ1n) is 9.48. The molecule has 2 heterocycles. The van der Waals surface area contributed by atoms with Gasteiger partial charge in [-0.3, -0.25) is 4.90 Å². The number of aryl methyl sites for hydroxylation is 1. The SMILES string of the molecule is CCNC(=NCc1ncc(C)s1)NCC(c1ccccc1)N1CCCC1.I. The standard InChI is InChI=1S/C20H29N5S.HI/c1-3-21-20(24-15-19-22-13-16(2)26-19)23-14-18(25-11-7-8-12-25)17-9-5-4-6-10-17;/h4-6,9-10,13,18H,3,7-8,11-12,14-15H2,1-2H3,(H2,21,23,24);1H. The van der Waals surface area contributed by atoms with Crippen molar-refractivity contribution in [3.63, 3.8) is 0 Å². The molecule has 1 atom stereocenters. The maximum atomic E-state index is 4.71. The molecule has 0 amide bonds. The van der Waals surface area contributed by atoms with Crippen LogP contribution in [0.5, 0.6) is 0 Å². The van der Waals surface area contributed by atoms with Crippen LogP contribution in [0.25, 0.3) is 0 Å². The van der Waals surface area contributed by atoms with Gasteiger partial charge in [-0.25, -0.2) is 9.98 Å². The first-order chi connectivity index (χ1) is 12.8. The van der Waals surface area contributed by atoms with Gasteiger partial charge in [0.2, 0.25) is 0 Å². The predicted octanol–water partition coefficient (Wildman–Crippen LogP) is 3.96. The lowest BCUT2D eigenvalue weighted by Gasteiger charge is -2.29. The topological polar surface area (TPSA) is 52.6 Å². The molecule has 1 saturated heterocycles. The van der Waals surface area contributed by atoms with Gasteiger partial charge < -0.3 is 10.6 Å². The molecule has 2 aromatic rings. The molecular weight excluding hydrogens is 469 g/mol. The summed E-state index contributed by atoms with van der Waals surface area (Å²) in [5.41, 5.74) is 1.37. The Labute approximate surface area is 183 Å². The van der Waals surface area contributed by atoms with Gasteiger partial charge in [-0.15, -0.1) is 35.3 Å². The third kappa shape index (κ3) is 6.73. The van der Waals surface area contributed by atoms with E-state index in [9.17, 15) is 0 Å². The highest BCUT2D eigenvalue weighted by Crippen LogP contribution is 2.24. The summed E-state index contributed by atoms with van der Waals surface area (Å²) >= 11 is 1.71. The van der Waals surface area contributed by atoms with Crippen LogP contribution in [0, 0.1) is 6.92 Å². The van der Waals surface area contributed by atoms with E-state index in [1.165, 1.54) is 36.4 Å². The van der Waals surface area contributed by atoms with E-state index in [2.05, 4.69) is 64.7 Å². The van der Waals surface area contributed by atoms with Crippen molar-refractivity contribution in [2.45, 2.75) is 39.3 Å². The van der Waals surface area contributed by atoms with Crippen LogP contribution in [0.3, 0.4) is 0 Å². The molecule has 27 heavy (non-hydrogen) atoms. The Bertz CT molecular complexity index is 697. The van der Waals surface area contributed by atoms with Crippen LogP contribution < -0.4 is 10.6 Å². The minimum Gasteiger partial charge on any atom is -0.357 e. The molecule has 0 bridgehead atoms. The molecule has 2 N–H and O–H groups in total. The van der Waals surface area contributed by atoms with Gasteiger partial charge in [-0.2, -0.15) is 0 Å². The fourth-order valence-corrected chi connectivity index (χ4v) is 4.05. The van der Waals surface area contributed by atoms with Crippen LogP contribution in [-0.2, 0) is 6.54 Å². The molecule has 3 rings (SSSR count). The summed E-state index contributed by atoms with van der Waals surface area (Å²) in [6, 6.07) is 11.2. The van der Waals surface area contributed by atoms with Crippen molar-refractivity contribution >= 4 is 41.3 Å². The maximum absolute atomic E-state index is 4.71. The smallest absolute Gasteiger partial charge is 0.191 e. The molecular formula is C20H30IN5S. The number of rotatable bonds is 7. The minimum atomic E-state index is 0. The highest BCUT2D eigenvalue weighted by atomic mass is 127. The van der Waals surface area contributed by atoms with Crippen LogP contribution in [0.4, 0.5) is 0 Å². The molecule has 148 valence electrons. The van der Waals surface area contributed by atoms with Crippen molar-refractivity contribution in [1.82, 2.24) is 20.5 Å². The molecule has 5 nitrogen and oxygen atoms in total. The number of halogens is 1. The third-order valence-electron chi connectivity index (χ3n) is 4.61. The van der Waals surface area contributed by atoms with E-state index in [1.54, 1.807) is 11.3 Å². The van der Waals surface area contributed by atoms with Crippen LogP contribution in [0.2, 0.25) is 0 Å². The quantitative estimate of drug-likeness (QED) is 0.344. The second-order valence-electron chi connectivity index (χ2n) is 6.61. The Balaban J connectivity index is 0.00000261. The van der Waals surface area contributed by atoms with E-state index in [4.69, 9.17) is 4.99 Å². The monoisotopic (exact) mass is 499 g/mol. The number of hydrogen-bond donors (Lipinski definition) is 2. The number of nitrogens with one attached hydrogen (secondary N) is 2. The molecule has 0 spiro atoms. The number of thiazole rings is 1. The summed E-state index contributed by atoms with van der Waals surface area (Å²) in [4.78, 5) is 12.9. The predicted molar refractivity (Wildman–Crippen MR) is 125 cm³/mol. The molecule has 1 aliphatic rings. The average molecular weight is 499 g/mol. The van der Waals surface area contributed by atoms with Crippen molar-refractivity contribution in [3.05, 3.63) is 52.0 Å². The molecule has 0 radical (unpaired) electrons. The third-order valence-corrected chi connectivity index (χ3v) is 5.51. The lowest BCUT2D eigenvalue weighted by Crippen LogP contribution is -2.42. The van der Waals surface area contributed by atoms with Crippen molar-refractivity contribution in [2.75, 3.05) is 26.2 Å². The number of aliphatic imine (C=N–C) groups is 1. The van der Waals surface area contributed by atoms with Crippen LogP contribution >= 0.6 is 35.3 Å². The Morgan fingerprint density at radius 1 is 1.22 bits per heavy atom. The number of nitrogens with zero attached hydrogens (tertiary/aromatic N) is 3. The van der Waals surface area contributed by atoms with Gasteiger partial charge in [0.05, 0.1) is 12.6 Å². The molecule has 7 heteroatoms. The summed E-state index contributed by atoms with van der Waals surface area (Å²) in [6.45, 7) is 8.85. The average Bonchev–Trinajstić information content (AvgIpc) is 3.33.